The van der Waals surface area contributed by atoms with Crippen LogP contribution in [-0.2, 0) is 6.42 Å². The van der Waals surface area contributed by atoms with Crippen molar-refractivity contribution in [1.29, 1.82) is 0 Å². The van der Waals surface area contributed by atoms with Crippen LogP contribution in [0.3, 0.4) is 0 Å². The number of hydrogen-bond acceptors (Lipinski definition) is 2. The highest BCUT2D eigenvalue weighted by atomic mass is 79.9. The van der Waals surface area contributed by atoms with E-state index in [0.717, 1.165) is 16.9 Å². The molecule has 102 valence electrons. The molecular weight excluding hydrogens is 332 g/mol. The molecule has 0 spiro atoms. The van der Waals surface area contributed by atoms with E-state index in [-0.39, 0.29) is 10.0 Å². The summed E-state index contributed by atoms with van der Waals surface area (Å²) < 4.78 is 28.5. The minimum absolute atomic E-state index is 0.0639. The van der Waals surface area contributed by atoms with Crippen molar-refractivity contribution >= 4 is 27.3 Å². The van der Waals surface area contributed by atoms with Gasteiger partial charge in [-0.3, -0.25) is 0 Å². The topological polar surface area (TPSA) is 12.0 Å². The molecule has 1 atom stereocenters. The number of nitrogens with one attached hydrogen (secondary N) is 1. The maximum atomic E-state index is 14.2. The van der Waals surface area contributed by atoms with Crippen molar-refractivity contribution in [1.82, 2.24) is 5.32 Å². The molecule has 0 aliphatic heterocycles. The standard InChI is InChI=1S/C14H14BrF2NS/c1-3-8-6-7-19-14(8)13(18-2)11-10(16)5-4-9(15)12(11)17/h4-7,13,18H,3H2,1-2H3. The number of hydrogen-bond donors (Lipinski definition) is 1. The van der Waals surface area contributed by atoms with Crippen LogP contribution in [0.4, 0.5) is 8.78 Å². The molecule has 2 rings (SSSR count). The molecule has 1 aromatic heterocycles. The Balaban J connectivity index is 2.58. The van der Waals surface area contributed by atoms with Crippen LogP contribution in [0.1, 0.15) is 29.0 Å². The zero-order valence-corrected chi connectivity index (χ0v) is 13.0. The second-order valence-electron chi connectivity index (χ2n) is 4.14. The molecule has 1 N–H and O–H groups in total. The molecule has 0 radical (unpaired) electrons. The number of benzene rings is 1. The van der Waals surface area contributed by atoms with Crippen LogP contribution in [0, 0.1) is 11.6 Å². The molecule has 0 aliphatic rings. The fraction of sp³-hybridized carbons (Fsp3) is 0.286. The first-order chi connectivity index (χ1) is 9.10. The molecule has 0 amide bonds. The molecule has 1 nitrogen and oxygen atoms in total. The van der Waals surface area contributed by atoms with Gasteiger partial charge in [-0.05, 0) is 58.5 Å². The van der Waals surface area contributed by atoms with Gasteiger partial charge in [0.2, 0.25) is 0 Å². The lowest BCUT2D eigenvalue weighted by atomic mass is 10.0. The van der Waals surface area contributed by atoms with E-state index in [1.807, 2.05) is 18.4 Å². The quantitative estimate of drug-likeness (QED) is 0.794. The first-order valence-electron chi connectivity index (χ1n) is 5.97. The Morgan fingerprint density at radius 2 is 2.05 bits per heavy atom. The van der Waals surface area contributed by atoms with Crippen LogP contribution in [0.15, 0.2) is 28.1 Å². The zero-order chi connectivity index (χ0) is 14.0. The highest BCUT2D eigenvalue weighted by molar-refractivity contribution is 9.10. The number of thiophene rings is 1. The van der Waals surface area contributed by atoms with Crippen molar-refractivity contribution in [2.24, 2.45) is 0 Å². The van der Waals surface area contributed by atoms with E-state index in [2.05, 4.69) is 21.2 Å². The third kappa shape index (κ3) is 2.73. The fourth-order valence-electron chi connectivity index (χ4n) is 2.11. The van der Waals surface area contributed by atoms with Crippen LogP contribution >= 0.6 is 27.3 Å². The van der Waals surface area contributed by atoms with E-state index in [0.29, 0.717) is 0 Å². The summed E-state index contributed by atoms with van der Waals surface area (Å²) in [6.07, 6.45) is 0.842. The maximum absolute atomic E-state index is 14.2. The van der Waals surface area contributed by atoms with Crippen molar-refractivity contribution in [3.63, 3.8) is 0 Å². The normalized spacial score (nSPS) is 12.7. The molecule has 0 aliphatic carbocycles. The molecular formula is C14H14BrF2NS. The number of halogens is 3. The monoisotopic (exact) mass is 345 g/mol. The first kappa shape index (κ1) is 14.6. The van der Waals surface area contributed by atoms with Crippen LogP contribution in [-0.4, -0.2) is 7.05 Å². The van der Waals surface area contributed by atoms with Gasteiger partial charge in [0, 0.05) is 10.4 Å². The minimum atomic E-state index is -0.546. The minimum Gasteiger partial charge on any atom is -0.308 e. The predicted molar refractivity (Wildman–Crippen MR) is 78.7 cm³/mol. The Morgan fingerprint density at radius 3 is 2.68 bits per heavy atom. The van der Waals surface area contributed by atoms with Crippen molar-refractivity contribution in [3.8, 4) is 0 Å². The first-order valence-corrected chi connectivity index (χ1v) is 7.64. The van der Waals surface area contributed by atoms with Gasteiger partial charge in [0.1, 0.15) is 11.6 Å². The molecule has 0 fully saturated rings. The van der Waals surface area contributed by atoms with Gasteiger partial charge >= 0.3 is 0 Å². The molecule has 19 heavy (non-hydrogen) atoms. The summed E-state index contributed by atoms with van der Waals surface area (Å²) in [5.74, 6) is -1.08. The molecule has 0 bridgehead atoms. The summed E-state index contributed by atoms with van der Waals surface area (Å²) in [5.41, 5.74) is 1.18. The summed E-state index contributed by atoms with van der Waals surface area (Å²) in [4.78, 5) is 0.959. The Morgan fingerprint density at radius 1 is 1.32 bits per heavy atom. The van der Waals surface area contributed by atoms with Gasteiger partial charge in [0.05, 0.1) is 10.5 Å². The lowest BCUT2D eigenvalue weighted by Gasteiger charge is -2.19. The highest BCUT2D eigenvalue weighted by Crippen LogP contribution is 2.34. The fourth-order valence-corrected chi connectivity index (χ4v) is 3.57. The van der Waals surface area contributed by atoms with E-state index in [1.54, 1.807) is 7.05 Å². The molecule has 2 aromatic rings. The third-order valence-electron chi connectivity index (χ3n) is 3.08. The van der Waals surface area contributed by atoms with Gasteiger partial charge in [-0.15, -0.1) is 11.3 Å². The van der Waals surface area contributed by atoms with Crippen molar-refractivity contribution in [2.45, 2.75) is 19.4 Å². The van der Waals surface area contributed by atoms with Crippen LogP contribution in [0.25, 0.3) is 0 Å². The highest BCUT2D eigenvalue weighted by Gasteiger charge is 2.24. The van der Waals surface area contributed by atoms with Gasteiger partial charge in [-0.1, -0.05) is 6.92 Å². The van der Waals surface area contributed by atoms with Crippen molar-refractivity contribution < 1.29 is 8.78 Å². The third-order valence-corrected chi connectivity index (χ3v) is 4.72. The lowest BCUT2D eigenvalue weighted by molar-refractivity contribution is 0.520. The summed E-state index contributed by atoms with van der Waals surface area (Å²) in [6.45, 7) is 2.03. The second kappa shape index (κ2) is 6.11. The molecule has 5 heteroatoms. The molecule has 0 saturated carbocycles. The average Bonchev–Trinajstić information content (AvgIpc) is 2.87. The Bertz CT molecular complexity index is 583. The van der Waals surface area contributed by atoms with E-state index in [4.69, 9.17) is 0 Å². The number of aryl methyl sites for hydroxylation is 1. The largest absolute Gasteiger partial charge is 0.308 e. The van der Waals surface area contributed by atoms with Gasteiger partial charge in [0.15, 0.2) is 0 Å². The Hall–Kier alpha value is -0.780. The van der Waals surface area contributed by atoms with E-state index in [1.165, 1.54) is 23.5 Å². The van der Waals surface area contributed by atoms with Crippen LogP contribution < -0.4 is 5.32 Å². The zero-order valence-electron chi connectivity index (χ0n) is 10.6. The SMILES string of the molecule is CCc1ccsc1C(NC)c1c(F)ccc(Br)c1F. The second-order valence-corrected chi connectivity index (χ2v) is 5.94. The maximum Gasteiger partial charge on any atom is 0.145 e. The van der Waals surface area contributed by atoms with E-state index >= 15 is 0 Å². The van der Waals surface area contributed by atoms with E-state index in [9.17, 15) is 8.78 Å². The lowest BCUT2D eigenvalue weighted by Crippen LogP contribution is -2.20. The van der Waals surface area contributed by atoms with Gasteiger partial charge < -0.3 is 5.32 Å². The van der Waals surface area contributed by atoms with Crippen molar-refractivity contribution in [2.75, 3.05) is 7.05 Å². The summed E-state index contributed by atoms with van der Waals surface area (Å²) >= 11 is 4.62. The van der Waals surface area contributed by atoms with E-state index < -0.39 is 17.7 Å². The number of rotatable bonds is 4. The van der Waals surface area contributed by atoms with Crippen LogP contribution in [0.5, 0.6) is 0 Å². The molecule has 0 saturated heterocycles. The van der Waals surface area contributed by atoms with Gasteiger partial charge in [-0.2, -0.15) is 0 Å². The summed E-state index contributed by atoms with van der Waals surface area (Å²) in [5, 5.41) is 4.96. The van der Waals surface area contributed by atoms with Crippen LogP contribution in [0.2, 0.25) is 0 Å². The van der Waals surface area contributed by atoms with Gasteiger partial charge in [0.25, 0.3) is 0 Å². The average molecular weight is 346 g/mol. The summed E-state index contributed by atoms with van der Waals surface area (Å²) in [7, 11) is 1.71. The molecule has 1 unspecified atom stereocenters. The Labute approximate surface area is 123 Å². The predicted octanol–water partition coefficient (Wildman–Crippen LogP) is 4.66. The van der Waals surface area contributed by atoms with Gasteiger partial charge in [-0.25, -0.2) is 8.78 Å². The smallest absolute Gasteiger partial charge is 0.145 e. The summed E-state index contributed by atoms with van der Waals surface area (Å²) in [6, 6.07) is 4.20. The molecule has 1 heterocycles. The molecule has 1 aromatic carbocycles. The Kier molecular flexibility index (Phi) is 4.71. The van der Waals surface area contributed by atoms with Crippen molar-refractivity contribution in [3.05, 3.63) is 55.7 Å².